The van der Waals surface area contributed by atoms with Crippen LogP contribution in [0.2, 0.25) is 0 Å². The average Bonchev–Trinajstić information content (AvgIpc) is 3.37. The van der Waals surface area contributed by atoms with E-state index < -0.39 is 0 Å². The molecule has 5 heteroatoms. The van der Waals surface area contributed by atoms with Crippen LogP contribution >= 0.6 is 0 Å². The van der Waals surface area contributed by atoms with Crippen LogP contribution in [0.4, 0.5) is 0 Å². The summed E-state index contributed by atoms with van der Waals surface area (Å²) in [4.78, 5) is 17.0. The van der Waals surface area contributed by atoms with Gasteiger partial charge < -0.3 is 14.0 Å². The van der Waals surface area contributed by atoms with Gasteiger partial charge in [0.05, 0.1) is 18.0 Å². The molecule has 5 rings (SSSR count). The molecule has 0 radical (unpaired) electrons. The summed E-state index contributed by atoms with van der Waals surface area (Å²) < 4.78 is 13.0. The van der Waals surface area contributed by atoms with E-state index in [1.165, 1.54) is 0 Å². The smallest absolute Gasteiger partial charge is 0.344 e. The zero-order valence-corrected chi connectivity index (χ0v) is 21.6. The van der Waals surface area contributed by atoms with E-state index >= 15 is 0 Å². The average molecular weight is 503 g/mol. The Hall–Kier alpha value is -4.64. The third-order valence-electron chi connectivity index (χ3n) is 6.35. The van der Waals surface area contributed by atoms with Crippen LogP contribution in [0.25, 0.3) is 45.0 Å². The molecule has 0 spiro atoms. The van der Waals surface area contributed by atoms with Crippen LogP contribution in [0, 0.1) is 0 Å². The second-order valence-electron chi connectivity index (χ2n) is 8.78. The summed E-state index contributed by atoms with van der Waals surface area (Å²) >= 11 is 0. The van der Waals surface area contributed by atoms with Gasteiger partial charge in [-0.2, -0.15) is 0 Å². The Kier molecular flexibility index (Phi) is 7.65. The quantitative estimate of drug-likeness (QED) is 0.196. The molecule has 1 heterocycles. The molecule has 4 aromatic carbocycles. The standard InChI is InChI=1S/C33H30N2O3/c1-3-35-32(25-16-9-6-10-17-25)31(24-14-7-5-8-15-24)34-33(35)29-21-12-11-20-28(29)26-18-13-19-27(22-26)38-23-30(36)37-4-2/h5-22H,3-4,23H2,1-2H3. The minimum absolute atomic E-state index is 0.125. The molecule has 0 bridgehead atoms. The number of esters is 1. The molecule has 0 unspecified atom stereocenters. The Bertz CT molecular complexity index is 1520. The summed E-state index contributed by atoms with van der Waals surface area (Å²) in [5.74, 6) is 1.13. The Morgan fingerprint density at radius 1 is 0.737 bits per heavy atom. The molecule has 0 atom stereocenters. The van der Waals surface area contributed by atoms with E-state index in [2.05, 4.69) is 60.0 Å². The highest BCUT2D eigenvalue weighted by Gasteiger charge is 2.22. The first kappa shape index (κ1) is 25.0. The Morgan fingerprint density at radius 2 is 1.37 bits per heavy atom. The van der Waals surface area contributed by atoms with Gasteiger partial charge in [0.25, 0.3) is 0 Å². The van der Waals surface area contributed by atoms with Crippen LogP contribution in [-0.2, 0) is 16.1 Å². The number of hydrogen-bond acceptors (Lipinski definition) is 4. The van der Waals surface area contributed by atoms with Gasteiger partial charge in [0.1, 0.15) is 11.6 Å². The lowest BCUT2D eigenvalue weighted by Gasteiger charge is -2.14. The summed E-state index contributed by atoms with van der Waals surface area (Å²) in [6.45, 7) is 4.90. The van der Waals surface area contributed by atoms with Gasteiger partial charge in [-0.05, 0) is 37.1 Å². The van der Waals surface area contributed by atoms with Gasteiger partial charge >= 0.3 is 5.97 Å². The summed E-state index contributed by atoms with van der Waals surface area (Å²) in [6, 6.07) is 36.8. The normalized spacial score (nSPS) is 10.8. The van der Waals surface area contributed by atoms with E-state index in [1.807, 2.05) is 60.7 Å². The van der Waals surface area contributed by atoms with E-state index in [1.54, 1.807) is 6.92 Å². The van der Waals surface area contributed by atoms with Gasteiger partial charge in [0.2, 0.25) is 0 Å². The fourth-order valence-corrected chi connectivity index (χ4v) is 4.68. The van der Waals surface area contributed by atoms with Crippen molar-refractivity contribution in [3.8, 4) is 50.8 Å². The molecule has 0 saturated heterocycles. The predicted molar refractivity (Wildman–Crippen MR) is 152 cm³/mol. The van der Waals surface area contributed by atoms with Gasteiger partial charge in [-0.1, -0.05) is 97.1 Å². The van der Waals surface area contributed by atoms with E-state index in [-0.39, 0.29) is 12.6 Å². The van der Waals surface area contributed by atoms with Crippen molar-refractivity contribution in [2.24, 2.45) is 0 Å². The zero-order chi connectivity index (χ0) is 26.3. The van der Waals surface area contributed by atoms with Crippen LogP contribution in [0.5, 0.6) is 5.75 Å². The lowest BCUT2D eigenvalue weighted by Crippen LogP contribution is -2.14. The topological polar surface area (TPSA) is 53.4 Å². The van der Waals surface area contributed by atoms with Crippen molar-refractivity contribution in [1.82, 2.24) is 9.55 Å². The largest absolute Gasteiger partial charge is 0.482 e. The first-order chi connectivity index (χ1) is 18.7. The number of rotatable bonds is 9. The van der Waals surface area contributed by atoms with Crippen LogP contribution in [0.1, 0.15) is 13.8 Å². The van der Waals surface area contributed by atoms with Crippen LogP contribution in [0.15, 0.2) is 109 Å². The second kappa shape index (κ2) is 11.6. The number of benzene rings is 4. The highest BCUT2D eigenvalue weighted by atomic mass is 16.6. The first-order valence-corrected chi connectivity index (χ1v) is 12.9. The van der Waals surface area contributed by atoms with Gasteiger partial charge in [-0.3, -0.25) is 0 Å². The number of aromatic nitrogens is 2. The molecule has 5 nitrogen and oxygen atoms in total. The van der Waals surface area contributed by atoms with Gasteiger partial charge in [0, 0.05) is 23.2 Å². The highest BCUT2D eigenvalue weighted by molar-refractivity contribution is 5.87. The SMILES string of the molecule is CCOC(=O)COc1cccc(-c2ccccc2-c2nc(-c3ccccc3)c(-c3ccccc3)n2CC)c1. The van der Waals surface area contributed by atoms with Crippen molar-refractivity contribution >= 4 is 5.97 Å². The predicted octanol–water partition coefficient (Wildman–Crippen LogP) is 7.51. The zero-order valence-electron chi connectivity index (χ0n) is 21.6. The van der Waals surface area contributed by atoms with Crippen molar-refractivity contribution in [2.75, 3.05) is 13.2 Å². The fourth-order valence-electron chi connectivity index (χ4n) is 4.68. The molecular formula is C33H30N2O3. The molecule has 5 aromatic rings. The molecular weight excluding hydrogens is 472 g/mol. The van der Waals surface area contributed by atoms with E-state index in [0.29, 0.717) is 12.4 Å². The minimum atomic E-state index is -0.384. The van der Waals surface area contributed by atoms with Crippen molar-refractivity contribution in [3.05, 3.63) is 109 Å². The molecule has 0 fully saturated rings. The van der Waals surface area contributed by atoms with Crippen molar-refractivity contribution < 1.29 is 14.3 Å². The van der Waals surface area contributed by atoms with E-state index in [9.17, 15) is 4.79 Å². The maximum atomic E-state index is 11.8. The summed E-state index contributed by atoms with van der Waals surface area (Å²) in [5, 5.41) is 0. The maximum absolute atomic E-state index is 11.8. The number of nitrogens with zero attached hydrogens (tertiary/aromatic N) is 2. The highest BCUT2D eigenvalue weighted by Crippen LogP contribution is 2.39. The molecule has 0 N–H and O–H groups in total. The third-order valence-corrected chi connectivity index (χ3v) is 6.35. The fraction of sp³-hybridized carbons (Fsp3) is 0.152. The van der Waals surface area contributed by atoms with Gasteiger partial charge in [0.15, 0.2) is 6.61 Å². The Balaban J connectivity index is 1.63. The summed E-state index contributed by atoms with van der Waals surface area (Å²) in [6.07, 6.45) is 0. The summed E-state index contributed by atoms with van der Waals surface area (Å²) in [7, 11) is 0. The van der Waals surface area contributed by atoms with Crippen molar-refractivity contribution in [1.29, 1.82) is 0 Å². The van der Waals surface area contributed by atoms with E-state index in [4.69, 9.17) is 14.5 Å². The lowest BCUT2D eigenvalue weighted by molar-refractivity contribution is -0.145. The van der Waals surface area contributed by atoms with Crippen LogP contribution < -0.4 is 4.74 Å². The molecule has 0 aliphatic carbocycles. The Morgan fingerprint density at radius 3 is 2.05 bits per heavy atom. The monoisotopic (exact) mass is 502 g/mol. The number of carbonyl (C=O) groups excluding carboxylic acids is 1. The molecule has 1 aromatic heterocycles. The number of hydrogen-bond donors (Lipinski definition) is 0. The maximum Gasteiger partial charge on any atom is 0.344 e. The number of ether oxygens (including phenoxy) is 2. The minimum Gasteiger partial charge on any atom is -0.482 e. The van der Waals surface area contributed by atoms with Gasteiger partial charge in [-0.25, -0.2) is 9.78 Å². The molecule has 0 aliphatic heterocycles. The van der Waals surface area contributed by atoms with Crippen LogP contribution in [-0.4, -0.2) is 28.7 Å². The molecule has 0 aliphatic rings. The third kappa shape index (κ3) is 5.23. The molecule has 38 heavy (non-hydrogen) atoms. The lowest BCUT2D eigenvalue weighted by atomic mass is 9.99. The number of imidazole rings is 1. The Labute approximate surface area is 223 Å². The first-order valence-electron chi connectivity index (χ1n) is 12.9. The van der Waals surface area contributed by atoms with Gasteiger partial charge in [-0.15, -0.1) is 0 Å². The van der Waals surface area contributed by atoms with Crippen LogP contribution in [0.3, 0.4) is 0 Å². The molecule has 0 amide bonds. The summed E-state index contributed by atoms with van der Waals surface area (Å²) in [5.41, 5.74) is 7.29. The van der Waals surface area contributed by atoms with Crippen molar-refractivity contribution in [2.45, 2.75) is 20.4 Å². The molecule has 0 saturated carbocycles. The van der Waals surface area contributed by atoms with Crippen molar-refractivity contribution in [3.63, 3.8) is 0 Å². The van der Waals surface area contributed by atoms with E-state index in [0.717, 1.165) is 51.6 Å². The second-order valence-corrected chi connectivity index (χ2v) is 8.78. The molecule has 190 valence electrons. The number of carbonyl (C=O) groups is 1.